The van der Waals surface area contributed by atoms with Gasteiger partial charge in [-0.25, -0.2) is 0 Å². The number of nitrogens with zero attached hydrogens (tertiary/aromatic N) is 2. The monoisotopic (exact) mass is 236 g/mol. The van der Waals surface area contributed by atoms with E-state index in [1.165, 1.54) is 4.88 Å². The van der Waals surface area contributed by atoms with Crippen molar-refractivity contribution in [3.8, 4) is 6.07 Å². The number of carbonyl (C=O) groups excluding carboxylic acids is 1. The van der Waals surface area contributed by atoms with Gasteiger partial charge in [-0.15, -0.1) is 11.3 Å². The molecular weight excluding hydrogens is 220 g/mol. The molecule has 4 heteroatoms. The maximum atomic E-state index is 11.8. The fourth-order valence-electron chi connectivity index (χ4n) is 1.36. The van der Waals surface area contributed by atoms with E-state index in [2.05, 4.69) is 13.0 Å². The third-order valence-electron chi connectivity index (χ3n) is 2.30. The minimum atomic E-state index is 0.144. The van der Waals surface area contributed by atoms with Crippen molar-refractivity contribution in [2.75, 3.05) is 20.1 Å². The SMILES string of the molecule is CCc1ccc(C(=O)CN(C)CCC#N)s1. The lowest BCUT2D eigenvalue weighted by molar-refractivity contribution is 0.0951. The molecule has 0 spiro atoms. The highest BCUT2D eigenvalue weighted by molar-refractivity contribution is 7.14. The molecule has 0 aliphatic heterocycles. The van der Waals surface area contributed by atoms with Crippen LogP contribution in [0.3, 0.4) is 0 Å². The summed E-state index contributed by atoms with van der Waals surface area (Å²) in [6, 6.07) is 5.97. The molecule has 0 fully saturated rings. The van der Waals surface area contributed by atoms with Crippen molar-refractivity contribution in [3.63, 3.8) is 0 Å². The molecule has 0 unspecified atom stereocenters. The van der Waals surface area contributed by atoms with E-state index in [-0.39, 0.29) is 5.78 Å². The van der Waals surface area contributed by atoms with Gasteiger partial charge in [0.15, 0.2) is 5.78 Å². The molecule has 0 saturated heterocycles. The van der Waals surface area contributed by atoms with Crippen LogP contribution in [0.1, 0.15) is 27.9 Å². The lowest BCUT2D eigenvalue weighted by atomic mass is 10.3. The number of aryl methyl sites for hydroxylation is 1. The van der Waals surface area contributed by atoms with Gasteiger partial charge in [-0.1, -0.05) is 6.92 Å². The molecule has 1 rings (SSSR count). The zero-order valence-corrected chi connectivity index (χ0v) is 10.5. The van der Waals surface area contributed by atoms with Crippen LogP contribution in [0.2, 0.25) is 0 Å². The van der Waals surface area contributed by atoms with Gasteiger partial charge < -0.3 is 0 Å². The summed E-state index contributed by atoms with van der Waals surface area (Å²) in [5.74, 6) is 0.144. The predicted octanol–water partition coefficient (Wildman–Crippen LogP) is 2.34. The van der Waals surface area contributed by atoms with Gasteiger partial charge in [0.25, 0.3) is 0 Å². The summed E-state index contributed by atoms with van der Waals surface area (Å²) < 4.78 is 0. The minimum absolute atomic E-state index is 0.144. The molecule has 0 N–H and O–H groups in total. The normalized spacial score (nSPS) is 10.4. The molecule has 86 valence electrons. The van der Waals surface area contributed by atoms with Crippen LogP contribution in [0.5, 0.6) is 0 Å². The first-order valence-electron chi connectivity index (χ1n) is 5.34. The smallest absolute Gasteiger partial charge is 0.186 e. The number of Topliss-reactive ketones (excluding diaryl/α,β-unsaturated/α-hetero) is 1. The predicted molar refractivity (Wildman–Crippen MR) is 65.8 cm³/mol. The lowest BCUT2D eigenvalue weighted by Gasteiger charge is -2.12. The van der Waals surface area contributed by atoms with Crippen molar-refractivity contribution in [3.05, 3.63) is 21.9 Å². The molecule has 0 saturated carbocycles. The largest absolute Gasteiger partial charge is 0.298 e. The molecule has 1 aromatic rings. The molecule has 1 aromatic heterocycles. The van der Waals surface area contributed by atoms with Crippen molar-refractivity contribution in [1.82, 2.24) is 4.90 Å². The number of rotatable bonds is 6. The Bertz CT molecular complexity index is 392. The second-order valence-electron chi connectivity index (χ2n) is 3.69. The minimum Gasteiger partial charge on any atom is -0.298 e. The summed E-state index contributed by atoms with van der Waals surface area (Å²) in [6.45, 7) is 3.12. The van der Waals surface area contributed by atoms with Crippen molar-refractivity contribution in [2.24, 2.45) is 0 Å². The van der Waals surface area contributed by atoms with E-state index in [1.807, 2.05) is 24.1 Å². The van der Waals surface area contributed by atoms with Crippen molar-refractivity contribution < 1.29 is 4.79 Å². The van der Waals surface area contributed by atoms with Gasteiger partial charge in [0.1, 0.15) is 0 Å². The fourth-order valence-corrected chi connectivity index (χ4v) is 2.24. The highest BCUT2D eigenvalue weighted by Crippen LogP contribution is 2.17. The molecule has 0 atom stereocenters. The number of thiophene rings is 1. The number of ketones is 1. The standard InChI is InChI=1S/C12H16N2OS/c1-3-10-5-6-12(16-10)11(15)9-14(2)8-4-7-13/h5-6H,3-4,8-9H2,1-2H3. The topological polar surface area (TPSA) is 44.1 Å². The van der Waals surface area contributed by atoms with Gasteiger partial charge in [-0.05, 0) is 25.6 Å². The molecule has 0 amide bonds. The molecule has 0 aromatic carbocycles. The number of nitriles is 1. The van der Waals surface area contributed by atoms with Gasteiger partial charge in [-0.2, -0.15) is 5.26 Å². The van der Waals surface area contributed by atoms with Crippen molar-refractivity contribution in [2.45, 2.75) is 19.8 Å². The van der Waals surface area contributed by atoms with Crippen LogP contribution < -0.4 is 0 Å². The summed E-state index contributed by atoms with van der Waals surface area (Å²) in [4.78, 5) is 15.8. The number of hydrogen-bond donors (Lipinski definition) is 0. The van der Waals surface area contributed by atoms with E-state index in [9.17, 15) is 4.79 Å². The first kappa shape index (κ1) is 12.9. The summed E-state index contributed by atoms with van der Waals surface area (Å²) >= 11 is 1.57. The summed E-state index contributed by atoms with van der Waals surface area (Å²) in [7, 11) is 1.86. The second-order valence-corrected chi connectivity index (χ2v) is 4.86. The van der Waals surface area contributed by atoms with E-state index in [1.54, 1.807) is 11.3 Å². The fraction of sp³-hybridized carbons (Fsp3) is 0.500. The molecule has 1 heterocycles. The molecule has 3 nitrogen and oxygen atoms in total. The third kappa shape index (κ3) is 3.76. The molecule has 0 bridgehead atoms. The van der Waals surface area contributed by atoms with Crippen LogP contribution in [0, 0.1) is 11.3 Å². The van der Waals surface area contributed by atoms with E-state index in [0.717, 1.165) is 11.3 Å². The average Bonchev–Trinajstić information content (AvgIpc) is 2.74. The summed E-state index contributed by atoms with van der Waals surface area (Å²) in [5.41, 5.74) is 0. The molecule has 0 aliphatic rings. The van der Waals surface area contributed by atoms with Gasteiger partial charge in [-0.3, -0.25) is 9.69 Å². The van der Waals surface area contributed by atoms with Crippen LogP contribution in [0.15, 0.2) is 12.1 Å². The van der Waals surface area contributed by atoms with Crippen LogP contribution in [0.25, 0.3) is 0 Å². The number of likely N-dealkylation sites (N-methyl/N-ethyl adjacent to an activating group) is 1. The van der Waals surface area contributed by atoms with E-state index < -0.39 is 0 Å². The molecule has 16 heavy (non-hydrogen) atoms. The van der Waals surface area contributed by atoms with Gasteiger partial charge in [0.2, 0.25) is 0 Å². The molecular formula is C12H16N2OS. The van der Waals surface area contributed by atoms with Gasteiger partial charge in [0.05, 0.1) is 17.5 Å². The second kappa shape index (κ2) is 6.41. The molecule has 0 aliphatic carbocycles. The maximum Gasteiger partial charge on any atom is 0.186 e. The average molecular weight is 236 g/mol. The van der Waals surface area contributed by atoms with Crippen LogP contribution in [-0.2, 0) is 6.42 Å². The van der Waals surface area contributed by atoms with Crippen LogP contribution in [-0.4, -0.2) is 30.8 Å². The van der Waals surface area contributed by atoms with E-state index >= 15 is 0 Å². The Hall–Kier alpha value is -1.18. The Morgan fingerprint density at radius 2 is 2.31 bits per heavy atom. The Kier molecular flexibility index (Phi) is 5.17. The Balaban J connectivity index is 2.49. The van der Waals surface area contributed by atoms with Crippen LogP contribution >= 0.6 is 11.3 Å². The highest BCUT2D eigenvalue weighted by atomic mass is 32.1. The van der Waals surface area contributed by atoms with Gasteiger partial charge >= 0.3 is 0 Å². The Morgan fingerprint density at radius 3 is 2.88 bits per heavy atom. The Morgan fingerprint density at radius 1 is 1.56 bits per heavy atom. The molecule has 0 radical (unpaired) electrons. The highest BCUT2D eigenvalue weighted by Gasteiger charge is 2.11. The zero-order valence-electron chi connectivity index (χ0n) is 9.69. The van der Waals surface area contributed by atoms with Crippen molar-refractivity contribution in [1.29, 1.82) is 5.26 Å². The Labute approximate surface area is 100 Å². The number of hydrogen-bond acceptors (Lipinski definition) is 4. The first-order chi connectivity index (χ1) is 7.67. The van der Waals surface area contributed by atoms with Gasteiger partial charge in [0, 0.05) is 17.8 Å². The van der Waals surface area contributed by atoms with Crippen molar-refractivity contribution >= 4 is 17.1 Å². The maximum absolute atomic E-state index is 11.8. The zero-order chi connectivity index (χ0) is 12.0. The quantitative estimate of drug-likeness (QED) is 0.712. The van der Waals surface area contributed by atoms with Crippen LogP contribution in [0.4, 0.5) is 0 Å². The number of carbonyl (C=O) groups is 1. The third-order valence-corrected chi connectivity index (χ3v) is 3.57. The first-order valence-corrected chi connectivity index (χ1v) is 6.16. The van der Waals surface area contributed by atoms with E-state index in [4.69, 9.17) is 5.26 Å². The van der Waals surface area contributed by atoms with E-state index in [0.29, 0.717) is 19.5 Å². The lowest BCUT2D eigenvalue weighted by Crippen LogP contribution is -2.26. The summed E-state index contributed by atoms with van der Waals surface area (Å²) in [6.07, 6.45) is 1.44. The summed E-state index contributed by atoms with van der Waals surface area (Å²) in [5, 5.41) is 8.44.